The first-order valence-corrected chi connectivity index (χ1v) is 9.91. The third-order valence-corrected chi connectivity index (χ3v) is 7.42. The number of rotatable bonds is 2. The number of hydrazine groups is 2. The number of hydrogen-bond acceptors (Lipinski definition) is 6. The molecule has 6 heteroatoms. The lowest BCUT2D eigenvalue weighted by Gasteiger charge is -2.43. The highest BCUT2D eigenvalue weighted by atomic mass is 32.1. The topological polar surface area (TPSA) is 39.8 Å². The molecule has 1 saturated carbocycles. The predicted octanol–water partition coefficient (Wildman–Crippen LogP) is 2.28. The van der Waals surface area contributed by atoms with Gasteiger partial charge in [-0.3, -0.25) is 5.01 Å². The third-order valence-electron chi connectivity index (χ3n) is 5.89. The van der Waals surface area contributed by atoms with Crippen molar-refractivity contribution in [3.05, 3.63) is 33.3 Å². The van der Waals surface area contributed by atoms with Crippen LogP contribution in [-0.2, 0) is 16.8 Å². The normalized spacial score (nSPS) is 33.5. The molecule has 0 amide bonds. The SMILES string of the molecule is CN1C=C([C@@H]2C[C@]3(CCN2)OCCc2cc(C4CC4)sc23)NN1C. The van der Waals surface area contributed by atoms with Crippen LogP contribution in [-0.4, -0.2) is 43.4 Å². The van der Waals surface area contributed by atoms with Crippen LogP contribution >= 0.6 is 11.3 Å². The van der Waals surface area contributed by atoms with Gasteiger partial charge in [-0.25, -0.2) is 0 Å². The summed E-state index contributed by atoms with van der Waals surface area (Å²) in [6.07, 6.45) is 8.14. The highest BCUT2D eigenvalue weighted by Gasteiger charge is 2.45. The molecule has 3 aliphatic heterocycles. The fourth-order valence-electron chi connectivity index (χ4n) is 4.27. The number of hydrogen-bond donors (Lipinski definition) is 2. The molecule has 0 bridgehead atoms. The van der Waals surface area contributed by atoms with Crippen molar-refractivity contribution >= 4 is 11.3 Å². The Labute approximate surface area is 147 Å². The van der Waals surface area contributed by atoms with E-state index in [1.54, 1.807) is 10.4 Å². The fourth-order valence-corrected chi connectivity index (χ4v) is 5.83. The van der Waals surface area contributed by atoms with E-state index in [0.29, 0.717) is 6.04 Å². The van der Waals surface area contributed by atoms with Gasteiger partial charge in [0.05, 0.1) is 18.3 Å². The number of nitrogens with zero attached hydrogens (tertiary/aromatic N) is 2. The van der Waals surface area contributed by atoms with Crippen molar-refractivity contribution in [3.8, 4) is 0 Å². The molecule has 4 heterocycles. The van der Waals surface area contributed by atoms with E-state index in [1.165, 1.54) is 23.4 Å². The minimum atomic E-state index is -0.0798. The van der Waals surface area contributed by atoms with Gasteiger partial charge in [-0.15, -0.1) is 16.5 Å². The van der Waals surface area contributed by atoms with Gasteiger partial charge >= 0.3 is 0 Å². The summed E-state index contributed by atoms with van der Waals surface area (Å²) in [5.74, 6) is 0.844. The van der Waals surface area contributed by atoms with Gasteiger partial charge in [-0.1, -0.05) is 0 Å². The molecule has 5 nitrogen and oxygen atoms in total. The zero-order valence-corrected chi connectivity index (χ0v) is 15.3. The number of thiophene rings is 1. The van der Waals surface area contributed by atoms with Gasteiger partial charge in [0.1, 0.15) is 5.60 Å². The molecule has 2 atom stereocenters. The summed E-state index contributed by atoms with van der Waals surface area (Å²) < 4.78 is 6.48. The number of fused-ring (bicyclic) bond motifs is 2. The molecular formula is C18H26N4OS. The Bertz CT molecular complexity index is 683. The van der Waals surface area contributed by atoms with E-state index in [4.69, 9.17) is 4.74 Å². The molecule has 1 saturated heterocycles. The largest absolute Gasteiger partial charge is 0.369 e. The molecule has 2 fully saturated rings. The Morgan fingerprint density at radius 1 is 1.33 bits per heavy atom. The van der Waals surface area contributed by atoms with Crippen LogP contribution in [0.15, 0.2) is 18.0 Å². The summed E-state index contributed by atoms with van der Waals surface area (Å²) >= 11 is 2.04. The summed E-state index contributed by atoms with van der Waals surface area (Å²) in [4.78, 5) is 3.14. The fraction of sp³-hybridized carbons (Fsp3) is 0.667. The average molecular weight is 347 g/mol. The van der Waals surface area contributed by atoms with E-state index in [0.717, 1.165) is 38.3 Å². The quantitative estimate of drug-likeness (QED) is 0.860. The third kappa shape index (κ3) is 2.39. The molecule has 0 unspecified atom stereocenters. The van der Waals surface area contributed by atoms with E-state index in [1.807, 2.05) is 23.5 Å². The highest BCUT2D eigenvalue weighted by Crippen LogP contribution is 2.51. The second-order valence-corrected chi connectivity index (χ2v) is 8.71. The Kier molecular flexibility index (Phi) is 3.46. The predicted molar refractivity (Wildman–Crippen MR) is 95.4 cm³/mol. The van der Waals surface area contributed by atoms with E-state index >= 15 is 0 Å². The van der Waals surface area contributed by atoms with Crippen LogP contribution in [0.1, 0.15) is 46.9 Å². The van der Waals surface area contributed by atoms with Crippen molar-refractivity contribution in [1.82, 2.24) is 20.9 Å². The van der Waals surface area contributed by atoms with E-state index in [9.17, 15) is 0 Å². The molecule has 1 aliphatic carbocycles. The molecule has 0 radical (unpaired) electrons. The highest BCUT2D eigenvalue weighted by molar-refractivity contribution is 7.12. The summed E-state index contributed by atoms with van der Waals surface area (Å²) in [7, 11) is 4.10. The molecule has 1 aromatic heterocycles. The zero-order valence-electron chi connectivity index (χ0n) is 14.5. The Balaban J connectivity index is 1.45. The lowest BCUT2D eigenvalue weighted by molar-refractivity contribution is -0.0843. The van der Waals surface area contributed by atoms with Gasteiger partial charge in [0.2, 0.25) is 0 Å². The van der Waals surface area contributed by atoms with Crippen molar-refractivity contribution < 1.29 is 4.74 Å². The van der Waals surface area contributed by atoms with Gasteiger partial charge in [-0.2, -0.15) is 0 Å². The van der Waals surface area contributed by atoms with Gasteiger partial charge in [-0.05, 0) is 49.8 Å². The van der Waals surface area contributed by atoms with Crippen LogP contribution < -0.4 is 10.7 Å². The van der Waals surface area contributed by atoms with Gasteiger partial charge < -0.3 is 15.5 Å². The molecule has 2 N–H and O–H groups in total. The molecule has 0 aromatic carbocycles. The minimum Gasteiger partial charge on any atom is -0.369 e. The van der Waals surface area contributed by atoms with Gasteiger partial charge in [0.25, 0.3) is 0 Å². The van der Waals surface area contributed by atoms with E-state index in [2.05, 4.69) is 35.1 Å². The average Bonchev–Trinajstić information content (AvgIpc) is 3.24. The van der Waals surface area contributed by atoms with Crippen molar-refractivity contribution in [3.63, 3.8) is 0 Å². The summed E-state index contributed by atoms with van der Waals surface area (Å²) in [6, 6.07) is 2.82. The molecule has 4 aliphatic rings. The molecule has 1 spiro atoms. The summed E-state index contributed by atoms with van der Waals surface area (Å²) in [5, 5.41) is 7.79. The van der Waals surface area contributed by atoms with Gasteiger partial charge in [0, 0.05) is 36.5 Å². The maximum absolute atomic E-state index is 6.48. The van der Waals surface area contributed by atoms with Crippen LogP contribution in [0.2, 0.25) is 0 Å². The second kappa shape index (κ2) is 5.46. The first kappa shape index (κ1) is 15.2. The number of ether oxygens (including phenoxy) is 1. The summed E-state index contributed by atoms with van der Waals surface area (Å²) in [6.45, 7) is 1.88. The van der Waals surface area contributed by atoms with Crippen LogP contribution in [0.25, 0.3) is 0 Å². The molecule has 1 aromatic rings. The first-order chi connectivity index (χ1) is 11.6. The number of nitrogens with one attached hydrogen (secondary N) is 2. The Morgan fingerprint density at radius 2 is 2.21 bits per heavy atom. The van der Waals surface area contributed by atoms with Crippen molar-refractivity contribution in [1.29, 1.82) is 0 Å². The maximum Gasteiger partial charge on any atom is 0.106 e. The smallest absolute Gasteiger partial charge is 0.106 e. The Morgan fingerprint density at radius 3 is 2.96 bits per heavy atom. The first-order valence-electron chi connectivity index (χ1n) is 9.10. The summed E-state index contributed by atoms with van der Waals surface area (Å²) in [5.41, 5.74) is 6.19. The zero-order chi connectivity index (χ0) is 16.3. The monoisotopic (exact) mass is 346 g/mol. The molecule has 130 valence electrons. The van der Waals surface area contributed by atoms with Crippen LogP contribution in [0, 0.1) is 0 Å². The standard InChI is InChI=1S/C18H26N4OS/c1-21-11-15(20-22(21)2)14-10-18(6-7-19-14)17-13(5-8-23-18)9-16(24-17)12-3-4-12/h9,11-12,14,19-20H,3-8,10H2,1-2H3/t14-,18-/m0/s1. The van der Waals surface area contributed by atoms with E-state index in [-0.39, 0.29) is 5.60 Å². The lowest BCUT2D eigenvalue weighted by atomic mass is 9.82. The van der Waals surface area contributed by atoms with Crippen LogP contribution in [0.5, 0.6) is 0 Å². The molecular weight excluding hydrogens is 320 g/mol. The molecule has 24 heavy (non-hydrogen) atoms. The van der Waals surface area contributed by atoms with Crippen LogP contribution in [0.3, 0.4) is 0 Å². The lowest BCUT2D eigenvalue weighted by Crippen LogP contribution is -2.51. The minimum absolute atomic E-state index is 0.0798. The van der Waals surface area contributed by atoms with E-state index < -0.39 is 0 Å². The second-order valence-electron chi connectivity index (χ2n) is 7.62. The van der Waals surface area contributed by atoms with Gasteiger partial charge in [0.15, 0.2) is 0 Å². The number of piperidine rings is 1. The Hall–Kier alpha value is -1.08. The van der Waals surface area contributed by atoms with Crippen molar-refractivity contribution in [2.75, 3.05) is 27.2 Å². The maximum atomic E-state index is 6.48. The molecule has 5 rings (SSSR count). The van der Waals surface area contributed by atoms with Crippen LogP contribution in [0.4, 0.5) is 0 Å². The van der Waals surface area contributed by atoms with Crippen molar-refractivity contribution in [2.45, 2.75) is 49.7 Å². The van der Waals surface area contributed by atoms with Crippen molar-refractivity contribution in [2.24, 2.45) is 0 Å².